The topological polar surface area (TPSA) is 82.8 Å². The van der Waals surface area contributed by atoms with Crippen LogP contribution in [0.4, 0.5) is 0 Å². The van der Waals surface area contributed by atoms with Gasteiger partial charge < -0.3 is 23.9 Å². The lowest BCUT2D eigenvalue weighted by molar-refractivity contribution is -0.146. The molecule has 1 aliphatic heterocycles. The SMILES string of the molecule is COC1(c2cccc(Cn3c(CC(C)(C)C(=O)O)c(SC(C)(C)C)c4cc(OCc5ccccn5)ccc43)c2)CCOCC1. The molecule has 2 aromatic heterocycles. The van der Waals surface area contributed by atoms with Crippen LogP contribution in [0, 0.1) is 5.41 Å². The maximum absolute atomic E-state index is 12.4. The fourth-order valence-corrected chi connectivity index (χ4v) is 6.99. The van der Waals surface area contributed by atoms with Crippen molar-refractivity contribution in [3.05, 3.63) is 89.4 Å². The first kappa shape index (κ1) is 32.1. The van der Waals surface area contributed by atoms with Gasteiger partial charge in [0.05, 0.1) is 16.7 Å². The number of aromatic nitrogens is 2. The third kappa shape index (κ3) is 7.14. The largest absolute Gasteiger partial charge is 0.487 e. The first-order chi connectivity index (χ1) is 20.9. The van der Waals surface area contributed by atoms with Crippen molar-refractivity contribution in [1.82, 2.24) is 9.55 Å². The number of fused-ring (bicyclic) bond motifs is 1. The molecule has 1 N–H and O–H groups in total. The van der Waals surface area contributed by atoms with Gasteiger partial charge in [0.15, 0.2) is 0 Å². The predicted octanol–water partition coefficient (Wildman–Crippen LogP) is 7.86. The van der Waals surface area contributed by atoms with E-state index in [1.54, 1.807) is 38.9 Å². The van der Waals surface area contributed by atoms with Crippen molar-refractivity contribution < 1.29 is 24.1 Å². The quantitative estimate of drug-likeness (QED) is 0.172. The van der Waals surface area contributed by atoms with Crippen molar-refractivity contribution in [2.24, 2.45) is 5.41 Å². The lowest BCUT2D eigenvalue weighted by Gasteiger charge is -2.36. The zero-order chi connectivity index (χ0) is 31.5. The van der Waals surface area contributed by atoms with E-state index in [9.17, 15) is 9.90 Å². The summed E-state index contributed by atoms with van der Waals surface area (Å²) in [6.45, 7) is 12.5. The van der Waals surface area contributed by atoms with Gasteiger partial charge in [-0.05, 0) is 55.3 Å². The second kappa shape index (κ2) is 13.0. The molecule has 1 fully saturated rings. The minimum absolute atomic E-state index is 0.0974. The molecule has 1 saturated heterocycles. The van der Waals surface area contributed by atoms with Gasteiger partial charge in [0, 0.05) is 78.6 Å². The van der Waals surface area contributed by atoms with Gasteiger partial charge in [0.2, 0.25) is 0 Å². The molecule has 234 valence electrons. The lowest BCUT2D eigenvalue weighted by Crippen LogP contribution is -2.35. The second-order valence-corrected chi connectivity index (χ2v) is 15.1. The smallest absolute Gasteiger partial charge is 0.309 e. The average Bonchev–Trinajstić information content (AvgIpc) is 3.26. The van der Waals surface area contributed by atoms with E-state index in [2.05, 4.69) is 66.7 Å². The van der Waals surface area contributed by atoms with Crippen molar-refractivity contribution >= 4 is 28.6 Å². The van der Waals surface area contributed by atoms with Gasteiger partial charge in [-0.3, -0.25) is 9.78 Å². The van der Waals surface area contributed by atoms with Gasteiger partial charge in [-0.25, -0.2) is 0 Å². The van der Waals surface area contributed by atoms with E-state index in [-0.39, 0.29) is 10.3 Å². The number of pyridine rings is 1. The number of nitrogens with zero attached hydrogens (tertiary/aromatic N) is 2. The molecular formula is C36H44N2O5S. The Labute approximate surface area is 264 Å². The molecule has 0 atom stereocenters. The van der Waals surface area contributed by atoms with Crippen LogP contribution in [0.2, 0.25) is 0 Å². The van der Waals surface area contributed by atoms with Gasteiger partial charge in [-0.2, -0.15) is 0 Å². The third-order valence-corrected chi connectivity index (χ3v) is 9.56. The first-order valence-electron chi connectivity index (χ1n) is 15.2. The summed E-state index contributed by atoms with van der Waals surface area (Å²) in [5, 5.41) is 11.2. The summed E-state index contributed by atoms with van der Waals surface area (Å²) < 4.78 is 20.2. The highest BCUT2D eigenvalue weighted by Gasteiger charge is 2.35. The maximum atomic E-state index is 12.4. The van der Waals surface area contributed by atoms with Crippen molar-refractivity contribution in [2.45, 2.75) is 82.3 Å². The maximum Gasteiger partial charge on any atom is 0.309 e. The van der Waals surface area contributed by atoms with Gasteiger partial charge >= 0.3 is 5.97 Å². The fourth-order valence-electron chi connectivity index (χ4n) is 5.80. The van der Waals surface area contributed by atoms with Crippen LogP contribution in [-0.4, -0.2) is 45.7 Å². The molecule has 0 bridgehead atoms. The van der Waals surface area contributed by atoms with Crippen LogP contribution in [0.5, 0.6) is 5.75 Å². The third-order valence-electron chi connectivity index (χ3n) is 8.29. The molecule has 0 radical (unpaired) electrons. The summed E-state index contributed by atoms with van der Waals surface area (Å²) in [5.74, 6) is -0.0624. The number of methoxy groups -OCH3 is 1. The van der Waals surface area contributed by atoms with Crippen LogP contribution < -0.4 is 4.74 Å². The van der Waals surface area contributed by atoms with Gasteiger partial charge in [0.1, 0.15) is 12.4 Å². The molecular weight excluding hydrogens is 572 g/mol. The van der Waals surface area contributed by atoms with E-state index in [1.165, 1.54) is 0 Å². The predicted molar refractivity (Wildman–Crippen MR) is 176 cm³/mol. The Morgan fingerprint density at radius 3 is 2.48 bits per heavy atom. The summed E-state index contributed by atoms with van der Waals surface area (Å²) in [5.41, 5.74) is 3.90. The number of thioether (sulfide) groups is 1. The summed E-state index contributed by atoms with van der Waals surface area (Å²) in [6.07, 6.45) is 3.77. The van der Waals surface area contributed by atoms with Crippen molar-refractivity contribution in [1.29, 1.82) is 0 Å². The zero-order valence-electron chi connectivity index (χ0n) is 26.7. The number of benzene rings is 2. The number of carboxylic acids is 1. The van der Waals surface area contributed by atoms with Crippen molar-refractivity contribution in [3.63, 3.8) is 0 Å². The molecule has 0 saturated carbocycles. The summed E-state index contributed by atoms with van der Waals surface area (Å²) in [4.78, 5) is 17.9. The minimum atomic E-state index is -0.957. The number of carbonyl (C=O) groups is 1. The monoisotopic (exact) mass is 616 g/mol. The molecule has 7 nitrogen and oxygen atoms in total. The molecule has 8 heteroatoms. The van der Waals surface area contributed by atoms with E-state index in [4.69, 9.17) is 14.2 Å². The zero-order valence-corrected chi connectivity index (χ0v) is 27.5. The van der Waals surface area contributed by atoms with Crippen LogP contribution in [0.25, 0.3) is 10.9 Å². The van der Waals surface area contributed by atoms with Gasteiger partial charge in [-0.1, -0.05) is 51.1 Å². The Morgan fingerprint density at radius 1 is 1.05 bits per heavy atom. The van der Waals surface area contributed by atoms with Crippen LogP contribution in [0.15, 0.2) is 71.8 Å². The van der Waals surface area contributed by atoms with Gasteiger partial charge in [-0.15, -0.1) is 11.8 Å². The molecule has 0 unspecified atom stereocenters. The lowest BCUT2D eigenvalue weighted by atomic mass is 9.85. The Balaban J connectivity index is 1.62. The molecule has 44 heavy (non-hydrogen) atoms. The van der Waals surface area contributed by atoms with E-state index >= 15 is 0 Å². The molecule has 5 rings (SSSR count). The molecule has 0 amide bonds. The highest BCUT2D eigenvalue weighted by atomic mass is 32.2. The van der Waals surface area contributed by atoms with E-state index in [0.29, 0.717) is 32.8 Å². The Bertz CT molecular complexity index is 1600. The van der Waals surface area contributed by atoms with E-state index in [1.807, 2.05) is 24.3 Å². The number of carboxylic acid groups (broad SMARTS) is 1. The average molecular weight is 617 g/mol. The minimum Gasteiger partial charge on any atom is -0.487 e. The van der Waals surface area contributed by atoms with Crippen LogP contribution in [0.3, 0.4) is 0 Å². The highest BCUT2D eigenvalue weighted by molar-refractivity contribution is 8.00. The molecule has 4 aromatic rings. The fraction of sp³-hybridized carbons (Fsp3) is 0.444. The number of hydrogen-bond donors (Lipinski definition) is 1. The molecule has 0 spiro atoms. The second-order valence-electron chi connectivity index (χ2n) is 13.2. The Hall–Kier alpha value is -3.33. The van der Waals surface area contributed by atoms with Crippen LogP contribution in [0.1, 0.15) is 70.0 Å². The van der Waals surface area contributed by atoms with E-state index in [0.717, 1.165) is 56.9 Å². The number of hydrogen-bond acceptors (Lipinski definition) is 6. The first-order valence-corrected chi connectivity index (χ1v) is 16.0. The Morgan fingerprint density at radius 2 is 1.82 bits per heavy atom. The summed E-state index contributed by atoms with van der Waals surface area (Å²) >= 11 is 1.78. The van der Waals surface area contributed by atoms with Crippen LogP contribution >= 0.6 is 11.8 Å². The molecule has 2 aromatic carbocycles. The van der Waals surface area contributed by atoms with Gasteiger partial charge in [0.25, 0.3) is 0 Å². The normalized spacial score (nSPS) is 15.4. The summed E-state index contributed by atoms with van der Waals surface area (Å²) in [7, 11) is 1.78. The van der Waals surface area contributed by atoms with Crippen molar-refractivity contribution in [2.75, 3.05) is 20.3 Å². The number of aliphatic carboxylic acids is 1. The summed E-state index contributed by atoms with van der Waals surface area (Å²) in [6, 6.07) is 20.6. The molecule has 1 aliphatic rings. The Kier molecular flexibility index (Phi) is 9.44. The molecule has 0 aliphatic carbocycles. The molecule has 3 heterocycles. The highest BCUT2D eigenvalue weighted by Crippen LogP contribution is 2.44. The standard InChI is InChI=1S/C36H44N2O5S/c1-34(2,3)44-32-29-21-28(43-24-27-12-7-8-17-37-27)13-14-30(29)38(31(32)22-35(4,5)33(39)40)23-25-10-9-11-26(20-25)36(41-6)15-18-42-19-16-36/h7-14,17,20-21H,15-16,18-19,22-24H2,1-6H3,(H,39,40). The number of rotatable bonds is 11. The van der Waals surface area contributed by atoms with E-state index < -0.39 is 11.4 Å². The van der Waals surface area contributed by atoms with Crippen LogP contribution in [-0.2, 0) is 39.4 Å². The number of ether oxygens (including phenoxy) is 3. The van der Waals surface area contributed by atoms with Crippen molar-refractivity contribution in [3.8, 4) is 5.75 Å².